The van der Waals surface area contributed by atoms with Crippen LogP contribution < -0.4 is 10.6 Å². The van der Waals surface area contributed by atoms with Crippen LogP contribution in [0.2, 0.25) is 0 Å². The van der Waals surface area contributed by atoms with Crippen molar-refractivity contribution >= 4 is 23.3 Å². The highest BCUT2D eigenvalue weighted by Gasteiger charge is 2.26. The van der Waals surface area contributed by atoms with E-state index in [4.69, 9.17) is 4.74 Å². The second-order valence-corrected chi connectivity index (χ2v) is 6.71. The highest BCUT2D eigenvalue weighted by molar-refractivity contribution is 5.93. The zero-order valence-corrected chi connectivity index (χ0v) is 15.5. The van der Waals surface area contributed by atoms with E-state index < -0.39 is 23.4 Å². The third-order valence-electron chi connectivity index (χ3n) is 4.35. The molecule has 2 aromatic rings. The Kier molecular flexibility index (Phi) is 6.38. The van der Waals surface area contributed by atoms with E-state index in [9.17, 15) is 24.1 Å². The number of benzene rings is 2. The van der Waals surface area contributed by atoms with Crippen LogP contribution in [-0.4, -0.2) is 36.0 Å². The molecule has 0 spiro atoms. The summed E-state index contributed by atoms with van der Waals surface area (Å²) in [4.78, 5) is 34.6. The van der Waals surface area contributed by atoms with Gasteiger partial charge in [-0.05, 0) is 49.1 Å². The molecular weight excluding hydrogens is 381 g/mol. The normalized spacial score (nSPS) is 12.9. The lowest BCUT2D eigenvalue weighted by atomic mass is 10.1. The molecule has 2 N–H and O–H groups in total. The molecule has 1 saturated carbocycles. The van der Waals surface area contributed by atoms with Crippen LogP contribution in [0.3, 0.4) is 0 Å². The number of rotatable bonds is 9. The van der Waals surface area contributed by atoms with Crippen LogP contribution >= 0.6 is 0 Å². The number of amides is 1. The zero-order valence-electron chi connectivity index (χ0n) is 15.5. The number of nitro groups is 1. The first-order chi connectivity index (χ1) is 13.9. The van der Waals surface area contributed by atoms with Gasteiger partial charge in [0.15, 0.2) is 6.61 Å². The lowest BCUT2D eigenvalue weighted by Crippen LogP contribution is -2.30. The summed E-state index contributed by atoms with van der Waals surface area (Å²) in [5.41, 5.74) is 0.996. The highest BCUT2D eigenvalue weighted by Crippen LogP contribution is 2.31. The van der Waals surface area contributed by atoms with Gasteiger partial charge in [-0.1, -0.05) is 12.1 Å². The lowest BCUT2D eigenvalue weighted by molar-refractivity contribution is -0.384. The van der Waals surface area contributed by atoms with E-state index in [2.05, 4.69) is 10.6 Å². The molecule has 0 aliphatic heterocycles. The second kappa shape index (κ2) is 9.13. The van der Waals surface area contributed by atoms with Crippen molar-refractivity contribution in [2.75, 3.05) is 18.5 Å². The Hall–Kier alpha value is -3.49. The first kappa shape index (κ1) is 20.2. The predicted octanol–water partition coefficient (Wildman–Crippen LogP) is 2.82. The van der Waals surface area contributed by atoms with Gasteiger partial charge in [0.05, 0.1) is 10.5 Å². The average molecular weight is 401 g/mol. The highest BCUT2D eigenvalue weighted by atomic mass is 19.1. The summed E-state index contributed by atoms with van der Waals surface area (Å²) < 4.78 is 17.8. The number of carbonyl (C=O) groups is 2. The molecule has 8 nitrogen and oxygen atoms in total. The number of halogens is 1. The van der Waals surface area contributed by atoms with E-state index in [0.717, 1.165) is 24.5 Å². The van der Waals surface area contributed by atoms with Crippen molar-refractivity contribution in [2.24, 2.45) is 0 Å². The maximum Gasteiger partial charge on any atom is 0.338 e. The molecule has 0 radical (unpaired) electrons. The van der Waals surface area contributed by atoms with Crippen LogP contribution in [0.4, 0.5) is 15.8 Å². The van der Waals surface area contributed by atoms with E-state index in [1.165, 1.54) is 24.3 Å². The molecule has 9 heteroatoms. The van der Waals surface area contributed by atoms with Crippen molar-refractivity contribution in [3.05, 3.63) is 69.5 Å². The Morgan fingerprint density at radius 3 is 2.55 bits per heavy atom. The minimum atomic E-state index is -0.820. The number of nitrogens with zero attached hydrogens (tertiary/aromatic N) is 1. The van der Waals surface area contributed by atoms with Crippen molar-refractivity contribution < 1.29 is 23.6 Å². The van der Waals surface area contributed by atoms with Crippen molar-refractivity contribution in [2.45, 2.75) is 25.3 Å². The van der Waals surface area contributed by atoms with Crippen LogP contribution in [-0.2, 0) is 16.0 Å². The van der Waals surface area contributed by atoms with Gasteiger partial charge in [0.25, 0.3) is 11.6 Å². The molecular formula is C20H20FN3O5. The number of nitrogens with one attached hydrogen (secondary N) is 2. The first-order valence-electron chi connectivity index (χ1n) is 9.15. The van der Waals surface area contributed by atoms with Gasteiger partial charge in [-0.2, -0.15) is 0 Å². The number of hydrogen-bond acceptors (Lipinski definition) is 6. The molecule has 152 valence electrons. The van der Waals surface area contributed by atoms with Crippen LogP contribution in [0.25, 0.3) is 0 Å². The summed E-state index contributed by atoms with van der Waals surface area (Å²) in [7, 11) is 0. The molecule has 3 rings (SSSR count). The van der Waals surface area contributed by atoms with E-state index in [0.29, 0.717) is 18.7 Å². The van der Waals surface area contributed by atoms with Gasteiger partial charge < -0.3 is 15.4 Å². The van der Waals surface area contributed by atoms with Crippen molar-refractivity contribution in [1.82, 2.24) is 5.32 Å². The second-order valence-electron chi connectivity index (χ2n) is 6.71. The van der Waals surface area contributed by atoms with Crippen LogP contribution in [0.15, 0.2) is 42.5 Å². The number of carbonyl (C=O) groups excluding carboxylic acids is 2. The van der Waals surface area contributed by atoms with Gasteiger partial charge in [-0.25, -0.2) is 9.18 Å². The topological polar surface area (TPSA) is 111 Å². The molecule has 0 heterocycles. The predicted molar refractivity (Wildman–Crippen MR) is 103 cm³/mol. The Labute approximate surface area is 166 Å². The first-order valence-corrected chi connectivity index (χ1v) is 9.15. The third-order valence-corrected chi connectivity index (χ3v) is 4.35. The van der Waals surface area contributed by atoms with Gasteiger partial charge in [0, 0.05) is 18.7 Å². The standard InChI is InChI=1S/C20H20FN3O5/c21-15-4-1-13(2-5-15)9-10-22-19(25)12-29-20(26)14-3-8-17(23-16-6-7-16)18(11-14)24(27)28/h1-5,8,11,16,23H,6-7,9-10,12H2,(H,22,25). The molecule has 1 aliphatic carbocycles. The van der Waals surface area contributed by atoms with E-state index in [-0.39, 0.29) is 23.1 Å². The molecule has 0 atom stereocenters. The molecule has 0 aromatic heterocycles. The number of ether oxygens (including phenoxy) is 1. The molecule has 1 aliphatic rings. The summed E-state index contributed by atoms with van der Waals surface area (Å²) in [6, 6.07) is 10.2. The fraction of sp³-hybridized carbons (Fsp3) is 0.300. The average Bonchev–Trinajstić information content (AvgIpc) is 3.52. The summed E-state index contributed by atoms with van der Waals surface area (Å²) >= 11 is 0. The van der Waals surface area contributed by atoms with Gasteiger partial charge in [-0.3, -0.25) is 14.9 Å². The largest absolute Gasteiger partial charge is 0.452 e. The minimum Gasteiger partial charge on any atom is -0.452 e. The Balaban J connectivity index is 1.47. The quantitative estimate of drug-likeness (QED) is 0.380. The van der Waals surface area contributed by atoms with Crippen LogP contribution in [0.5, 0.6) is 0 Å². The third kappa shape index (κ3) is 6.00. The molecule has 0 unspecified atom stereocenters. The number of esters is 1. The Bertz CT molecular complexity index is 913. The zero-order chi connectivity index (χ0) is 20.8. The van der Waals surface area contributed by atoms with Gasteiger partial charge in [0.2, 0.25) is 0 Å². The molecule has 29 heavy (non-hydrogen) atoms. The SMILES string of the molecule is O=C(COC(=O)c1ccc(NC2CC2)c([N+](=O)[O-])c1)NCCc1ccc(F)cc1. The summed E-state index contributed by atoms with van der Waals surface area (Å²) in [6.45, 7) is -0.201. The number of nitro benzene ring substituents is 1. The minimum absolute atomic E-state index is 0.00263. The van der Waals surface area contributed by atoms with Gasteiger partial charge in [0.1, 0.15) is 11.5 Å². The fourth-order valence-electron chi connectivity index (χ4n) is 2.64. The van der Waals surface area contributed by atoms with E-state index in [1.807, 2.05) is 0 Å². The maximum atomic E-state index is 12.8. The Morgan fingerprint density at radius 2 is 1.90 bits per heavy atom. The Morgan fingerprint density at radius 1 is 1.17 bits per heavy atom. The monoisotopic (exact) mass is 401 g/mol. The molecule has 0 saturated heterocycles. The van der Waals surface area contributed by atoms with Crippen molar-refractivity contribution in [3.8, 4) is 0 Å². The lowest BCUT2D eigenvalue weighted by Gasteiger charge is -2.09. The molecule has 2 aromatic carbocycles. The summed E-state index contributed by atoms with van der Waals surface area (Å²) in [5, 5.41) is 16.9. The van der Waals surface area contributed by atoms with Crippen LogP contribution in [0.1, 0.15) is 28.8 Å². The van der Waals surface area contributed by atoms with Crippen molar-refractivity contribution in [1.29, 1.82) is 0 Å². The van der Waals surface area contributed by atoms with Gasteiger partial charge in [-0.15, -0.1) is 0 Å². The van der Waals surface area contributed by atoms with Gasteiger partial charge >= 0.3 is 5.97 Å². The smallest absolute Gasteiger partial charge is 0.338 e. The summed E-state index contributed by atoms with van der Waals surface area (Å²) in [5.74, 6) is -1.65. The maximum absolute atomic E-state index is 12.8. The van der Waals surface area contributed by atoms with E-state index >= 15 is 0 Å². The summed E-state index contributed by atoms with van der Waals surface area (Å²) in [6.07, 6.45) is 2.41. The number of hydrogen-bond donors (Lipinski definition) is 2. The van der Waals surface area contributed by atoms with E-state index in [1.54, 1.807) is 12.1 Å². The molecule has 1 fully saturated rings. The van der Waals surface area contributed by atoms with Crippen molar-refractivity contribution in [3.63, 3.8) is 0 Å². The number of anilines is 1. The molecule has 1 amide bonds. The molecule has 0 bridgehead atoms. The van der Waals surface area contributed by atoms with Crippen LogP contribution in [0, 0.1) is 15.9 Å². The fourth-order valence-corrected chi connectivity index (χ4v) is 2.64.